The highest BCUT2D eigenvalue weighted by Crippen LogP contribution is 2.11. The molecule has 2 rings (SSSR count). The van der Waals surface area contributed by atoms with Crippen molar-refractivity contribution in [2.75, 3.05) is 38.2 Å². The average molecular weight is 338 g/mol. The maximum absolute atomic E-state index is 12.4. The third-order valence-electron chi connectivity index (χ3n) is 3.87. The molecule has 0 spiro atoms. The molecule has 1 aromatic rings. The quantitative estimate of drug-likeness (QED) is 0.810. The first-order valence-corrected chi connectivity index (χ1v) is 9.64. The number of sulfone groups is 1. The molecule has 1 aliphatic heterocycles. The summed E-state index contributed by atoms with van der Waals surface area (Å²) in [5, 5.41) is 0. The van der Waals surface area contributed by atoms with Crippen LogP contribution >= 0.6 is 0 Å². The zero-order chi connectivity index (χ0) is 17.0. The van der Waals surface area contributed by atoms with Gasteiger partial charge in [-0.3, -0.25) is 9.59 Å². The molecule has 1 heterocycles. The largest absolute Gasteiger partial charge is 0.339 e. The minimum Gasteiger partial charge on any atom is -0.339 e. The third kappa shape index (κ3) is 5.06. The molecule has 0 radical (unpaired) electrons. The number of carbonyl (C=O) groups is 2. The van der Waals surface area contributed by atoms with Crippen LogP contribution in [0.2, 0.25) is 0 Å². The van der Waals surface area contributed by atoms with Crippen LogP contribution in [0.1, 0.15) is 22.3 Å². The van der Waals surface area contributed by atoms with Crippen molar-refractivity contribution in [3.63, 3.8) is 0 Å². The fraction of sp³-hybridized carbons (Fsp3) is 0.500. The lowest BCUT2D eigenvalue weighted by Gasteiger charge is -2.35. The lowest BCUT2D eigenvalue weighted by Crippen LogP contribution is -2.50. The zero-order valence-electron chi connectivity index (χ0n) is 13.5. The van der Waals surface area contributed by atoms with E-state index in [4.69, 9.17) is 0 Å². The maximum atomic E-state index is 12.4. The van der Waals surface area contributed by atoms with E-state index < -0.39 is 9.84 Å². The lowest BCUT2D eigenvalue weighted by atomic mass is 10.1. The first-order chi connectivity index (χ1) is 10.8. The second-order valence-corrected chi connectivity index (χ2v) is 8.18. The van der Waals surface area contributed by atoms with Gasteiger partial charge in [0.25, 0.3) is 5.91 Å². The van der Waals surface area contributed by atoms with E-state index in [0.29, 0.717) is 31.7 Å². The Morgan fingerprint density at radius 3 is 2.26 bits per heavy atom. The maximum Gasteiger partial charge on any atom is 0.253 e. The van der Waals surface area contributed by atoms with E-state index in [1.807, 2.05) is 25.1 Å². The molecule has 0 aliphatic carbocycles. The molecule has 0 aromatic heterocycles. The minimum absolute atomic E-state index is 0.00462. The van der Waals surface area contributed by atoms with Crippen LogP contribution in [0.5, 0.6) is 0 Å². The minimum atomic E-state index is -3.13. The number of benzene rings is 1. The standard InChI is InChI=1S/C16H22N2O4S/c1-13-4-3-5-14(12-13)16(20)18-9-7-17(8-10-18)15(19)6-11-23(2,21)22/h3-5,12H,6-11H2,1-2H3. The second-order valence-electron chi connectivity index (χ2n) is 5.92. The van der Waals surface area contributed by atoms with Gasteiger partial charge < -0.3 is 9.80 Å². The summed E-state index contributed by atoms with van der Waals surface area (Å²) in [6.45, 7) is 3.77. The van der Waals surface area contributed by atoms with Gasteiger partial charge in [0.15, 0.2) is 0 Å². The molecule has 0 bridgehead atoms. The molecule has 126 valence electrons. The summed E-state index contributed by atoms with van der Waals surface area (Å²) in [5.74, 6) is -0.330. The molecule has 2 amide bonds. The molecule has 0 N–H and O–H groups in total. The molecule has 1 aliphatic rings. The SMILES string of the molecule is Cc1cccc(C(=O)N2CCN(C(=O)CCS(C)(=O)=O)CC2)c1. The van der Waals surface area contributed by atoms with Crippen LogP contribution in [-0.2, 0) is 14.6 Å². The molecule has 0 atom stereocenters. The molecule has 1 fully saturated rings. The van der Waals surface area contributed by atoms with Gasteiger partial charge in [0.2, 0.25) is 5.91 Å². The first-order valence-electron chi connectivity index (χ1n) is 7.58. The number of carbonyl (C=O) groups excluding carboxylic acids is 2. The third-order valence-corrected chi connectivity index (χ3v) is 4.82. The van der Waals surface area contributed by atoms with Crippen LogP contribution in [0, 0.1) is 6.92 Å². The van der Waals surface area contributed by atoms with Gasteiger partial charge in [0.1, 0.15) is 9.84 Å². The summed E-state index contributed by atoms with van der Waals surface area (Å²) in [6.07, 6.45) is 1.13. The lowest BCUT2D eigenvalue weighted by molar-refractivity contribution is -0.132. The van der Waals surface area contributed by atoms with E-state index in [1.54, 1.807) is 15.9 Å². The Labute approximate surface area is 137 Å². The van der Waals surface area contributed by atoms with E-state index >= 15 is 0 Å². The number of nitrogens with zero attached hydrogens (tertiary/aromatic N) is 2. The monoisotopic (exact) mass is 338 g/mol. The topological polar surface area (TPSA) is 74.8 Å². The molecule has 1 saturated heterocycles. The highest BCUT2D eigenvalue weighted by molar-refractivity contribution is 7.90. The van der Waals surface area contributed by atoms with Gasteiger partial charge in [-0.2, -0.15) is 0 Å². The molecule has 0 unspecified atom stereocenters. The number of piperazine rings is 1. The molecule has 6 nitrogen and oxygen atoms in total. The summed E-state index contributed by atoms with van der Waals surface area (Å²) >= 11 is 0. The van der Waals surface area contributed by atoms with Gasteiger partial charge in [0, 0.05) is 44.4 Å². The van der Waals surface area contributed by atoms with Gasteiger partial charge >= 0.3 is 0 Å². The van der Waals surface area contributed by atoms with Crippen molar-refractivity contribution < 1.29 is 18.0 Å². The molecule has 1 aromatic carbocycles. The summed E-state index contributed by atoms with van der Waals surface area (Å²) < 4.78 is 22.2. The van der Waals surface area contributed by atoms with Crippen molar-refractivity contribution in [2.24, 2.45) is 0 Å². The van der Waals surface area contributed by atoms with Crippen molar-refractivity contribution in [1.29, 1.82) is 0 Å². The summed E-state index contributed by atoms with van der Waals surface area (Å²) in [5.41, 5.74) is 1.69. The van der Waals surface area contributed by atoms with Crippen LogP contribution in [0.3, 0.4) is 0 Å². The van der Waals surface area contributed by atoms with Gasteiger partial charge in [-0.05, 0) is 19.1 Å². The smallest absolute Gasteiger partial charge is 0.253 e. The van der Waals surface area contributed by atoms with E-state index in [0.717, 1.165) is 11.8 Å². The normalized spacial score (nSPS) is 15.6. The Hall–Kier alpha value is -1.89. The van der Waals surface area contributed by atoms with E-state index in [2.05, 4.69) is 0 Å². The number of hydrogen-bond acceptors (Lipinski definition) is 4. The predicted octanol–water partition coefficient (Wildman–Crippen LogP) is 0.714. The zero-order valence-corrected chi connectivity index (χ0v) is 14.3. The van der Waals surface area contributed by atoms with Gasteiger partial charge in [0.05, 0.1) is 5.75 Å². The van der Waals surface area contributed by atoms with Gasteiger partial charge in [-0.1, -0.05) is 17.7 Å². The molecule has 23 heavy (non-hydrogen) atoms. The predicted molar refractivity (Wildman–Crippen MR) is 88.0 cm³/mol. The van der Waals surface area contributed by atoms with Crippen molar-refractivity contribution >= 4 is 21.7 Å². The number of amides is 2. The van der Waals surface area contributed by atoms with Crippen molar-refractivity contribution in [1.82, 2.24) is 9.80 Å². The van der Waals surface area contributed by atoms with Crippen LogP contribution < -0.4 is 0 Å². The first kappa shape index (κ1) is 17.5. The summed E-state index contributed by atoms with van der Waals surface area (Å²) in [7, 11) is -3.13. The van der Waals surface area contributed by atoms with Gasteiger partial charge in [-0.15, -0.1) is 0 Å². The Bertz CT molecular complexity index is 692. The summed E-state index contributed by atoms with van der Waals surface area (Å²) in [4.78, 5) is 27.8. The van der Waals surface area contributed by atoms with Gasteiger partial charge in [-0.25, -0.2) is 8.42 Å². The fourth-order valence-corrected chi connectivity index (χ4v) is 3.10. The highest BCUT2D eigenvalue weighted by Gasteiger charge is 2.25. The Morgan fingerprint density at radius 2 is 1.70 bits per heavy atom. The van der Waals surface area contributed by atoms with Crippen LogP contribution in [-0.4, -0.2) is 68.2 Å². The van der Waals surface area contributed by atoms with Crippen LogP contribution in [0.15, 0.2) is 24.3 Å². The second kappa shape index (κ2) is 7.12. The van der Waals surface area contributed by atoms with Crippen molar-refractivity contribution in [3.05, 3.63) is 35.4 Å². The van der Waals surface area contributed by atoms with Crippen LogP contribution in [0.4, 0.5) is 0 Å². The Kier molecular flexibility index (Phi) is 5.41. The molecule has 7 heteroatoms. The fourth-order valence-electron chi connectivity index (χ4n) is 2.55. The molecular formula is C16H22N2O4S. The summed E-state index contributed by atoms with van der Waals surface area (Å²) in [6, 6.07) is 7.44. The van der Waals surface area contributed by atoms with Crippen LogP contribution in [0.25, 0.3) is 0 Å². The van der Waals surface area contributed by atoms with E-state index in [-0.39, 0.29) is 24.0 Å². The Balaban J connectivity index is 1.88. The highest BCUT2D eigenvalue weighted by atomic mass is 32.2. The number of aryl methyl sites for hydroxylation is 1. The van der Waals surface area contributed by atoms with E-state index in [9.17, 15) is 18.0 Å². The number of hydrogen-bond donors (Lipinski definition) is 0. The number of rotatable bonds is 4. The Morgan fingerprint density at radius 1 is 1.09 bits per heavy atom. The molecular weight excluding hydrogens is 316 g/mol. The van der Waals surface area contributed by atoms with E-state index in [1.165, 1.54) is 0 Å². The average Bonchev–Trinajstić information content (AvgIpc) is 2.51. The van der Waals surface area contributed by atoms with Crippen molar-refractivity contribution in [3.8, 4) is 0 Å². The molecule has 0 saturated carbocycles. The van der Waals surface area contributed by atoms with Crippen molar-refractivity contribution in [2.45, 2.75) is 13.3 Å².